The van der Waals surface area contributed by atoms with Crippen LogP contribution in [0.15, 0.2) is 60.9 Å². The zero-order valence-corrected chi connectivity index (χ0v) is 23.5. The van der Waals surface area contributed by atoms with Crippen LogP contribution in [-0.4, -0.2) is 76.1 Å². The van der Waals surface area contributed by atoms with Crippen LogP contribution in [0.4, 0.5) is 26.5 Å². The summed E-state index contributed by atoms with van der Waals surface area (Å²) in [6, 6.07) is 13.3. The lowest BCUT2D eigenvalue weighted by Crippen LogP contribution is -2.42. The van der Waals surface area contributed by atoms with E-state index in [1.807, 2.05) is 43.3 Å². The van der Waals surface area contributed by atoms with Gasteiger partial charge >= 0.3 is 6.03 Å². The minimum absolute atomic E-state index is 0.142. The Hall–Kier alpha value is -4.92. The zero-order valence-electron chi connectivity index (χ0n) is 23.5. The average Bonchev–Trinajstić information content (AvgIpc) is 3.56. The molecule has 222 valence electrons. The van der Waals surface area contributed by atoms with Crippen LogP contribution in [0.5, 0.6) is 0 Å². The maximum atomic E-state index is 14.0. The Morgan fingerprint density at radius 2 is 2.05 bits per heavy atom. The fourth-order valence-electron chi connectivity index (χ4n) is 5.10. The SMILES string of the molecule is COCCN1C[C@@H](NC(=O)Nc2c(C)c(-c3cnc4c(c3)NCC(=O)N4)nn2-c2ccccc2)[C@H](c2ccnc(F)c2)O1. The number of nitrogens with one attached hydrogen (secondary N) is 4. The van der Waals surface area contributed by atoms with Crippen LogP contribution in [0.2, 0.25) is 0 Å². The first-order valence-electron chi connectivity index (χ1n) is 13.7. The molecule has 43 heavy (non-hydrogen) atoms. The predicted octanol–water partition coefficient (Wildman–Crippen LogP) is 3.27. The summed E-state index contributed by atoms with van der Waals surface area (Å²) in [4.78, 5) is 39.4. The van der Waals surface area contributed by atoms with Crippen LogP contribution in [-0.2, 0) is 14.4 Å². The Morgan fingerprint density at radius 1 is 1.21 bits per heavy atom. The van der Waals surface area contributed by atoms with E-state index in [0.717, 1.165) is 5.69 Å². The van der Waals surface area contributed by atoms with Crippen molar-refractivity contribution in [2.24, 2.45) is 0 Å². The molecule has 0 spiro atoms. The van der Waals surface area contributed by atoms with Crippen molar-refractivity contribution < 1.29 is 23.6 Å². The molecule has 0 radical (unpaired) electrons. The number of hydrogen-bond donors (Lipinski definition) is 4. The number of hydroxylamine groups is 2. The van der Waals surface area contributed by atoms with Gasteiger partial charge in [0.1, 0.15) is 11.9 Å². The number of methoxy groups -OCH3 is 1. The van der Waals surface area contributed by atoms with Crippen LogP contribution >= 0.6 is 0 Å². The highest BCUT2D eigenvalue weighted by atomic mass is 19.1. The highest BCUT2D eigenvalue weighted by molar-refractivity contribution is 6.00. The maximum Gasteiger partial charge on any atom is 0.320 e. The van der Waals surface area contributed by atoms with Crippen LogP contribution in [0.25, 0.3) is 16.9 Å². The first-order chi connectivity index (χ1) is 20.9. The molecule has 1 aromatic carbocycles. The van der Waals surface area contributed by atoms with Gasteiger partial charge in [0.25, 0.3) is 0 Å². The average molecular weight is 588 g/mol. The number of amides is 3. The summed E-state index contributed by atoms with van der Waals surface area (Å²) in [7, 11) is 1.59. The number of rotatable bonds is 8. The Morgan fingerprint density at radius 3 is 2.84 bits per heavy atom. The standard InChI is InChI=1S/C29H30FN9O4/c1-17-25(19-12-21-27(33-14-19)35-24(40)15-32-21)37-39(20-6-4-3-5-7-20)28(17)36-29(41)34-22-16-38(10-11-42-2)43-26(22)18-8-9-31-23(30)13-18/h3-9,12-14,22,26,32H,10-11,15-16H2,1-2H3,(H,33,35,40)(H2,34,36,41)/t22-,26+/m1/s1. The molecule has 4 aromatic rings. The van der Waals surface area contributed by atoms with Crippen molar-refractivity contribution in [2.45, 2.75) is 19.1 Å². The first-order valence-corrected chi connectivity index (χ1v) is 13.7. The number of carbonyl (C=O) groups is 2. The molecule has 0 saturated carbocycles. The van der Waals surface area contributed by atoms with Crippen LogP contribution in [0.1, 0.15) is 17.2 Å². The second-order valence-corrected chi connectivity index (χ2v) is 10.1. The largest absolute Gasteiger partial charge is 0.383 e. The number of anilines is 3. The number of pyridine rings is 2. The van der Waals surface area contributed by atoms with Gasteiger partial charge in [-0.25, -0.2) is 19.4 Å². The van der Waals surface area contributed by atoms with Crippen LogP contribution in [0.3, 0.4) is 0 Å². The van der Waals surface area contributed by atoms with Gasteiger partial charge in [-0.3, -0.25) is 14.9 Å². The van der Waals surface area contributed by atoms with E-state index < -0.39 is 24.1 Å². The quantitative estimate of drug-likeness (QED) is 0.228. The first kappa shape index (κ1) is 28.2. The van der Waals surface area contributed by atoms with Crippen molar-refractivity contribution in [3.05, 3.63) is 78.0 Å². The van der Waals surface area contributed by atoms with Crippen molar-refractivity contribution in [1.82, 2.24) is 30.1 Å². The predicted molar refractivity (Wildman–Crippen MR) is 156 cm³/mol. The van der Waals surface area contributed by atoms with Gasteiger partial charge in [0.05, 0.1) is 36.3 Å². The molecule has 14 heteroatoms. The van der Waals surface area contributed by atoms with E-state index in [1.54, 1.807) is 29.1 Å². The summed E-state index contributed by atoms with van der Waals surface area (Å²) in [5.74, 6) is 0.101. The highest BCUT2D eigenvalue weighted by Crippen LogP contribution is 2.34. The third-order valence-corrected chi connectivity index (χ3v) is 7.18. The molecule has 13 nitrogen and oxygen atoms in total. The Bertz CT molecular complexity index is 1650. The Labute approximate surface area is 246 Å². The fourth-order valence-corrected chi connectivity index (χ4v) is 5.10. The van der Waals surface area contributed by atoms with Crippen molar-refractivity contribution in [3.8, 4) is 16.9 Å². The number of ether oxygens (including phenoxy) is 1. The monoisotopic (exact) mass is 587 g/mol. The van der Waals surface area contributed by atoms with E-state index in [9.17, 15) is 14.0 Å². The molecule has 1 fully saturated rings. The number of halogens is 1. The molecule has 5 heterocycles. The van der Waals surface area contributed by atoms with Gasteiger partial charge in [-0.05, 0) is 42.8 Å². The lowest BCUT2D eigenvalue weighted by Gasteiger charge is -2.19. The molecule has 0 bridgehead atoms. The second kappa shape index (κ2) is 12.1. The highest BCUT2D eigenvalue weighted by Gasteiger charge is 2.37. The number of nitrogens with zero attached hydrogens (tertiary/aromatic N) is 5. The van der Waals surface area contributed by atoms with Gasteiger partial charge in [0.2, 0.25) is 11.9 Å². The number of hydrogen-bond acceptors (Lipinski definition) is 9. The molecule has 2 atom stereocenters. The summed E-state index contributed by atoms with van der Waals surface area (Å²) < 4.78 is 20.8. The van der Waals surface area contributed by atoms with Crippen molar-refractivity contribution in [2.75, 3.05) is 49.3 Å². The maximum absolute atomic E-state index is 14.0. The topological polar surface area (TPSA) is 148 Å². The summed E-state index contributed by atoms with van der Waals surface area (Å²) in [6.07, 6.45) is 2.36. The van der Waals surface area contributed by atoms with Crippen LogP contribution < -0.4 is 21.3 Å². The Balaban J connectivity index is 1.29. The molecule has 0 unspecified atom stereocenters. The number of para-hydroxylation sites is 1. The van der Waals surface area contributed by atoms with Crippen molar-refractivity contribution >= 4 is 29.3 Å². The fraction of sp³-hybridized carbons (Fsp3) is 0.276. The van der Waals surface area contributed by atoms with E-state index in [0.29, 0.717) is 59.4 Å². The molecule has 3 amide bonds. The normalized spacial score (nSPS) is 18.1. The third kappa shape index (κ3) is 6.02. The van der Waals surface area contributed by atoms with E-state index in [4.69, 9.17) is 14.7 Å². The van der Waals surface area contributed by atoms with E-state index in [2.05, 4.69) is 31.2 Å². The van der Waals surface area contributed by atoms with E-state index in [-0.39, 0.29) is 12.5 Å². The summed E-state index contributed by atoms with van der Waals surface area (Å²) in [6.45, 7) is 3.26. The summed E-state index contributed by atoms with van der Waals surface area (Å²) in [5.41, 5.74) is 3.98. The lowest BCUT2D eigenvalue weighted by molar-refractivity contribution is -0.154. The number of aromatic nitrogens is 4. The minimum atomic E-state index is -0.635. The summed E-state index contributed by atoms with van der Waals surface area (Å²) in [5, 5.41) is 18.3. The van der Waals surface area contributed by atoms with E-state index in [1.165, 1.54) is 12.3 Å². The van der Waals surface area contributed by atoms with Gasteiger partial charge in [0.15, 0.2) is 5.82 Å². The van der Waals surface area contributed by atoms with Crippen molar-refractivity contribution in [1.29, 1.82) is 0 Å². The number of carbonyl (C=O) groups excluding carboxylic acids is 2. The lowest BCUT2D eigenvalue weighted by atomic mass is 10.0. The molecule has 0 aliphatic carbocycles. The smallest absolute Gasteiger partial charge is 0.320 e. The van der Waals surface area contributed by atoms with Crippen molar-refractivity contribution in [3.63, 3.8) is 0 Å². The molecule has 1 saturated heterocycles. The number of fused-ring (bicyclic) bond motifs is 1. The molecule has 2 aliphatic rings. The minimum Gasteiger partial charge on any atom is -0.383 e. The van der Waals surface area contributed by atoms with Crippen LogP contribution in [0, 0.1) is 12.9 Å². The molecular formula is C29H30FN9O4. The molecular weight excluding hydrogens is 557 g/mol. The van der Waals surface area contributed by atoms with Gasteiger partial charge in [-0.15, -0.1) is 0 Å². The van der Waals surface area contributed by atoms with E-state index >= 15 is 0 Å². The third-order valence-electron chi connectivity index (χ3n) is 7.18. The molecule has 3 aromatic heterocycles. The van der Waals surface area contributed by atoms with Gasteiger partial charge in [-0.1, -0.05) is 18.2 Å². The summed E-state index contributed by atoms with van der Waals surface area (Å²) >= 11 is 0. The zero-order chi connectivity index (χ0) is 29.9. The van der Waals surface area contributed by atoms with Gasteiger partial charge in [0, 0.05) is 43.7 Å². The van der Waals surface area contributed by atoms with Gasteiger partial charge < -0.3 is 20.7 Å². The molecule has 4 N–H and O–H groups in total. The number of urea groups is 1. The molecule has 2 aliphatic heterocycles. The number of benzene rings is 1. The second-order valence-electron chi connectivity index (χ2n) is 10.1. The molecule has 6 rings (SSSR count). The Kier molecular flexibility index (Phi) is 7.96. The van der Waals surface area contributed by atoms with Gasteiger partial charge in [-0.2, -0.15) is 14.6 Å².